The number of amides is 1. The van der Waals surface area contributed by atoms with E-state index in [0.29, 0.717) is 28.3 Å². The first kappa shape index (κ1) is 13.4. The van der Waals surface area contributed by atoms with Crippen LogP contribution in [0.25, 0.3) is 11.5 Å². The van der Waals surface area contributed by atoms with Gasteiger partial charge < -0.3 is 4.74 Å². The summed E-state index contributed by atoms with van der Waals surface area (Å²) in [5, 5.41) is 3.60. The van der Waals surface area contributed by atoms with Gasteiger partial charge in [0, 0.05) is 24.3 Å². The Morgan fingerprint density at radius 3 is 3.20 bits per heavy atom. The summed E-state index contributed by atoms with van der Waals surface area (Å²) in [5.74, 6) is 0.223. The van der Waals surface area contributed by atoms with Gasteiger partial charge in [-0.25, -0.2) is 0 Å². The van der Waals surface area contributed by atoms with Crippen molar-refractivity contribution in [1.82, 2.24) is 14.3 Å². The quantitative estimate of drug-likeness (QED) is 0.941. The molecule has 0 spiro atoms. The van der Waals surface area contributed by atoms with Crippen LogP contribution in [-0.4, -0.2) is 33.0 Å². The highest BCUT2D eigenvalue weighted by Gasteiger charge is 2.24. The molecule has 0 saturated carbocycles. The summed E-state index contributed by atoms with van der Waals surface area (Å²) in [5.41, 5.74) is 0.503. The van der Waals surface area contributed by atoms with Gasteiger partial charge in [-0.15, -0.1) is 0 Å². The fraction of sp³-hybridized carbons (Fsp3) is 0.333. The Labute approximate surface area is 124 Å². The minimum atomic E-state index is -0.388. The van der Waals surface area contributed by atoms with Crippen molar-refractivity contribution in [3.05, 3.63) is 23.4 Å². The second-order valence-electron chi connectivity index (χ2n) is 4.25. The predicted molar refractivity (Wildman–Crippen MR) is 75.8 cm³/mol. The summed E-state index contributed by atoms with van der Waals surface area (Å²) in [6.07, 6.45) is 2.88. The maximum Gasteiger partial charge on any atom is 0.255 e. The third kappa shape index (κ3) is 2.79. The van der Waals surface area contributed by atoms with Gasteiger partial charge in [0.2, 0.25) is 5.13 Å². The van der Waals surface area contributed by atoms with E-state index in [1.165, 1.54) is 0 Å². The zero-order valence-electron chi connectivity index (χ0n) is 10.4. The Morgan fingerprint density at radius 1 is 1.55 bits per heavy atom. The molecule has 0 unspecified atom stereocenters. The van der Waals surface area contributed by atoms with Crippen LogP contribution in [-0.2, 0) is 9.53 Å². The van der Waals surface area contributed by atoms with Gasteiger partial charge in [-0.3, -0.25) is 15.1 Å². The van der Waals surface area contributed by atoms with Gasteiger partial charge in [-0.05, 0) is 25.0 Å². The molecule has 2 aromatic heterocycles. The molecule has 8 heteroatoms. The molecular formula is C12H11ClN4O2S. The molecule has 1 saturated heterocycles. The molecule has 0 radical (unpaired) electrons. The van der Waals surface area contributed by atoms with Gasteiger partial charge in [0.25, 0.3) is 5.91 Å². The number of rotatable bonds is 3. The number of hydrogen-bond donors (Lipinski definition) is 1. The predicted octanol–water partition coefficient (Wildman–Crippen LogP) is 2.37. The number of pyridine rings is 1. The fourth-order valence-corrected chi connectivity index (χ4v) is 2.67. The maximum absolute atomic E-state index is 11.9. The number of carbonyl (C=O) groups is 1. The van der Waals surface area contributed by atoms with Crippen molar-refractivity contribution in [1.29, 1.82) is 0 Å². The fourth-order valence-electron chi connectivity index (χ4n) is 1.89. The highest BCUT2D eigenvalue weighted by atomic mass is 35.5. The van der Waals surface area contributed by atoms with Gasteiger partial charge in [0.1, 0.15) is 11.8 Å². The molecule has 1 atom stereocenters. The van der Waals surface area contributed by atoms with E-state index < -0.39 is 0 Å². The summed E-state index contributed by atoms with van der Waals surface area (Å²) in [7, 11) is 0. The monoisotopic (exact) mass is 310 g/mol. The first-order valence-corrected chi connectivity index (χ1v) is 7.26. The smallest absolute Gasteiger partial charge is 0.255 e. The number of halogens is 1. The standard InChI is InChI=1S/C12H11ClN4O2S/c13-7-3-1-5-14-9(7)10-15-12(20-17-10)16-11(18)8-4-2-6-19-8/h1,3,5,8H,2,4,6H2,(H,15,16,17,18)/t8-/m1/s1. The highest BCUT2D eigenvalue weighted by Crippen LogP contribution is 2.25. The van der Waals surface area contributed by atoms with Crippen molar-refractivity contribution >= 4 is 34.2 Å². The second kappa shape index (κ2) is 5.82. The lowest BCUT2D eigenvalue weighted by molar-refractivity contribution is -0.124. The van der Waals surface area contributed by atoms with E-state index in [1.54, 1.807) is 18.3 Å². The molecule has 1 N–H and O–H groups in total. The molecule has 1 fully saturated rings. The summed E-state index contributed by atoms with van der Waals surface area (Å²) in [4.78, 5) is 20.2. The number of anilines is 1. The molecule has 0 aromatic carbocycles. The van der Waals surface area contributed by atoms with Crippen molar-refractivity contribution in [2.75, 3.05) is 11.9 Å². The molecule has 2 aromatic rings. The second-order valence-corrected chi connectivity index (χ2v) is 5.41. The van der Waals surface area contributed by atoms with Gasteiger partial charge in [-0.2, -0.15) is 9.36 Å². The van der Waals surface area contributed by atoms with E-state index in [1.807, 2.05) is 0 Å². The number of ether oxygens (including phenoxy) is 1. The summed E-state index contributed by atoms with van der Waals surface area (Å²) in [6, 6.07) is 3.45. The van der Waals surface area contributed by atoms with Crippen LogP contribution < -0.4 is 5.32 Å². The van der Waals surface area contributed by atoms with Crippen LogP contribution in [0.4, 0.5) is 5.13 Å². The molecular weight excluding hydrogens is 300 g/mol. The largest absolute Gasteiger partial charge is 0.368 e. The Morgan fingerprint density at radius 2 is 2.45 bits per heavy atom. The van der Waals surface area contributed by atoms with E-state index in [0.717, 1.165) is 24.4 Å². The van der Waals surface area contributed by atoms with Gasteiger partial charge >= 0.3 is 0 Å². The highest BCUT2D eigenvalue weighted by molar-refractivity contribution is 7.10. The number of carbonyl (C=O) groups excluding carboxylic acids is 1. The molecule has 1 aliphatic rings. The molecule has 0 bridgehead atoms. The lowest BCUT2D eigenvalue weighted by Gasteiger charge is -2.07. The van der Waals surface area contributed by atoms with Crippen molar-refractivity contribution in [3.63, 3.8) is 0 Å². The first-order chi connectivity index (χ1) is 9.74. The average Bonchev–Trinajstić information content (AvgIpc) is 3.10. The number of nitrogens with one attached hydrogen (secondary N) is 1. The Hall–Kier alpha value is -1.57. The van der Waals surface area contributed by atoms with Gasteiger partial charge in [0.05, 0.1) is 5.02 Å². The molecule has 0 aliphatic carbocycles. The molecule has 3 heterocycles. The van der Waals surface area contributed by atoms with Crippen molar-refractivity contribution in [2.24, 2.45) is 0 Å². The van der Waals surface area contributed by atoms with Crippen LogP contribution in [0.2, 0.25) is 5.02 Å². The average molecular weight is 311 g/mol. The van der Waals surface area contributed by atoms with E-state index in [9.17, 15) is 4.79 Å². The normalized spacial score (nSPS) is 18.1. The molecule has 1 aliphatic heterocycles. The van der Waals surface area contributed by atoms with Crippen LogP contribution in [0.1, 0.15) is 12.8 Å². The van der Waals surface area contributed by atoms with Gasteiger partial charge in [-0.1, -0.05) is 11.6 Å². The topological polar surface area (TPSA) is 77.0 Å². The van der Waals surface area contributed by atoms with Crippen LogP contribution in [0.15, 0.2) is 18.3 Å². The molecule has 104 valence electrons. The molecule has 1 amide bonds. The number of hydrogen-bond acceptors (Lipinski definition) is 6. The Balaban J connectivity index is 1.74. The molecule has 3 rings (SSSR count). The number of aromatic nitrogens is 3. The zero-order valence-corrected chi connectivity index (χ0v) is 11.9. The van der Waals surface area contributed by atoms with E-state index in [-0.39, 0.29) is 12.0 Å². The van der Waals surface area contributed by atoms with Crippen LogP contribution in [0, 0.1) is 0 Å². The van der Waals surface area contributed by atoms with Crippen LogP contribution >= 0.6 is 23.1 Å². The minimum Gasteiger partial charge on any atom is -0.368 e. The van der Waals surface area contributed by atoms with Crippen LogP contribution in [0.5, 0.6) is 0 Å². The number of nitrogens with zero attached hydrogens (tertiary/aromatic N) is 3. The first-order valence-electron chi connectivity index (χ1n) is 6.11. The third-order valence-electron chi connectivity index (χ3n) is 2.85. The minimum absolute atomic E-state index is 0.183. The van der Waals surface area contributed by atoms with E-state index in [2.05, 4.69) is 19.7 Å². The Bertz CT molecular complexity index is 627. The van der Waals surface area contributed by atoms with E-state index >= 15 is 0 Å². The lowest BCUT2D eigenvalue weighted by atomic mass is 10.2. The van der Waals surface area contributed by atoms with Crippen LogP contribution in [0.3, 0.4) is 0 Å². The van der Waals surface area contributed by atoms with E-state index in [4.69, 9.17) is 16.3 Å². The van der Waals surface area contributed by atoms with Gasteiger partial charge in [0.15, 0.2) is 5.82 Å². The third-order valence-corrected chi connectivity index (χ3v) is 3.78. The zero-order chi connectivity index (χ0) is 13.9. The van der Waals surface area contributed by atoms with Crippen molar-refractivity contribution in [3.8, 4) is 11.5 Å². The lowest BCUT2D eigenvalue weighted by Crippen LogP contribution is -2.26. The molecule has 6 nitrogen and oxygen atoms in total. The van der Waals surface area contributed by atoms with Crippen molar-refractivity contribution in [2.45, 2.75) is 18.9 Å². The maximum atomic E-state index is 11.9. The SMILES string of the molecule is O=C(Nc1nc(-c2ncccc2Cl)ns1)[C@H]1CCCO1. The summed E-state index contributed by atoms with van der Waals surface area (Å²) < 4.78 is 9.46. The summed E-state index contributed by atoms with van der Waals surface area (Å²) in [6.45, 7) is 0.628. The van der Waals surface area contributed by atoms with Crippen molar-refractivity contribution < 1.29 is 9.53 Å². The molecule has 20 heavy (non-hydrogen) atoms. The summed E-state index contributed by atoms with van der Waals surface area (Å²) >= 11 is 7.13. The Kier molecular flexibility index (Phi) is 3.90.